The third kappa shape index (κ3) is 3.04. The maximum atomic E-state index is 6.06. The minimum Gasteiger partial charge on any atom is -0.470 e. The van der Waals surface area contributed by atoms with Crippen LogP contribution in [0.25, 0.3) is 22.3 Å². The first-order valence-electron chi connectivity index (χ1n) is 7.08. The summed E-state index contributed by atoms with van der Waals surface area (Å²) in [6, 6.07) is 13.0. The lowest BCUT2D eigenvalue weighted by Gasteiger charge is -2.07. The molecule has 0 aliphatic rings. The third-order valence-electron chi connectivity index (χ3n) is 3.22. The quantitative estimate of drug-likeness (QED) is 0.530. The van der Waals surface area contributed by atoms with E-state index < -0.39 is 0 Å². The molecule has 1 aromatic carbocycles. The van der Waals surface area contributed by atoms with Gasteiger partial charge in [-0.25, -0.2) is 4.68 Å². The monoisotopic (exact) mass is 358 g/mol. The summed E-state index contributed by atoms with van der Waals surface area (Å²) in [6.07, 6.45) is 1.78. The van der Waals surface area contributed by atoms with Crippen molar-refractivity contribution < 1.29 is 9.26 Å². The van der Waals surface area contributed by atoms with E-state index in [1.807, 2.05) is 29.6 Å². The van der Waals surface area contributed by atoms with Crippen LogP contribution < -0.4 is 4.74 Å². The molecule has 0 saturated carbocycles. The first-order valence-corrected chi connectivity index (χ1v) is 8.34. The number of nitrogens with zero attached hydrogens (tertiary/aromatic N) is 4. The van der Waals surface area contributed by atoms with Gasteiger partial charge in [0.1, 0.15) is 5.75 Å². The molecule has 0 amide bonds. The maximum absolute atomic E-state index is 6.06. The fourth-order valence-corrected chi connectivity index (χ4v) is 2.92. The summed E-state index contributed by atoms with van der Waals surface area (Å²) in [4.78, 5) is 5.31. The number of hydrogen-bond donors (Lipinski definition) is 0. The van der Waals surface area contributed by atoms with E-state index in [9.17, 15) is 0 Å². The van der Waals surface area contributed by atoms with Crippen LogP contribution in [0.4, 0.5) is 0 Å². The predicted octanol–water partition coefficient (Wildman–Crippen LogP) is 4.35. The van der Waals surface area contributed by atoms with Crippen molar-refractivity contribution in [3.05, 3.63) is 59.1 Å². The largest absolute Gasteiger partial charge is 0.470 e. The molecule has 0 aliphatic carbocycles. The molecule has 3 aromatic heterocycles. The molecule has 0 unspecified atom stereocenters. The third-order valence-corrected chi connectivity index (χ3v) is 4.39. The summed E-state index contributed by atoms with van der Waals surface area (Å²) in [7, 11) is 0. The van der Waals surface area contributed by atoms with Crippen LogP contribution in [-0.4, -0.2) is 19.9 Å². The summed E-state index contributed by atoms with van der Waals surface area (Å²) in [5, 5.41) is 10.9. The van der Waals surface area contributed by atoms with Crippen LogP contribution in [0.15, 0.2) is 58.6 Å². The lowest BCUT2D eigenvalue weighted by Crippen LogP contribution is -2.05. The molecule has 0 saturated heterocycles. The Morgan fingerprint density at radius 2 is 2.08 bits per heavy atom. The van der Waals surface area contributed by atoms with E-state index in [0.29, 0.717) is 28.2 Å². The first-order chi connectivity index (χ1) is 11.8. The summed E-state index contributed by atoms with van der Waals surface area (Å²) in [5.74, 6) is 1.53. The molecule has 0 radical (unpaired) electrons. The average Bonchev–Trinajstić information content (AvgIpc) is 3.33. The van der Waals surface area contributed by atoms with E-state index in [1.54, 1.807) is 40.4 Å². The van der Waals surface area contributed by atoms with E-state index in [-0.39, 0.29) is 6.73 Å². The van der Waals surface area contributed by atoms with Crippen LogP contribution in [0, 0.1) is 0 Å². The van der Waals surface area contributed by atoms with Gasteiger partial charge in [-0.05, 0) is 29.6 Å². The number of aromatic nitrogens is 4. The Balaban J connectivity index is 1.48. The molecule has 0 bridgehead atoms. The molecule has 120 valence electrons. The van der Waals surface area contributed by atoms with E-state index in [4.69, 9.17) is 20.9 Å². The van der Waals surface area contributed by atoms with Crippen LogP contribution in [0.5, 0.6) is 5.75 Å². The van der Waals surface area contributed by atoms with Crippen LogP contribution in [0.1, 0.15) is 0 Å². The Morgan fingerprint density at radius 1 is 1.17 bits per heavy atom. The first kappa shape index (κ1) is 14.9. The molecule has 3 heterocycles. The molecule has 8 heteroatoms. The molecule has 6 nitrogen and oxygen atoms in total. The predicted molar refractivity (Wildman–Crippen MR) is 90.9 cm³/mol. The highest BCUT2D eigenvalue weighted by atomic mass is 35.5. The average molecular weight is 359 g/mol. The Kier molecular flexibility index (Phi) is 4.02. The number of halogens is 1. The molecule has 4 rings (SSSR count). The van der Waals surface area contributed by atoms with Crippen LogP contribution in [0.2, 0.25) is 5.02 Å². The minimum absolute atomic E-state index is 0.232. The number of rotatable bonds is 5. The molecule has 0 aliphatic heterocycles. The summed E-state index contributed by atoms with van der Waals surface area (Å²) in [6.45, 7) is 0.232. The zero-order chi connectivity index (χ0) is 16.4. The standard InChI is InChI=1S/C16H11ClN4O2S/c17-11-4-1-2-5-13(11)22-10-21-8-7-12(19-21)16-18-15(20-23-16)14-6-3-9-24-14/h1-9H,10H2. The van der Waals surface area contributed by atoms with Gasteiger partial charge in [-0.2, -0.15) is 10.1 Å². The number of thiophene rings is 1. The van der Waals surface area contributed by atoms with Gasteiger partial charge in [-0.1, -0.05) is 35.0 Å². The molecular weight excluding hydrogens is 348 g/mol. The van der Waals surface area contributed by atoms with Crippen LogP contribution in [-0.2, 0) is 6.73 Å². The van der Waals surface area contributed by atoms with E-state index in [0.717, 1.165) is 4.88 Å². The fraction of sp³-hybridized carbons (Fsp3) is 0.0625. The van der Waals surface area contributed by atoms with Crippen LogP contribution in [0.3, 0.4) is 0 Å². The van der Waals surface area contributed by atoms with Crippen molar-refractivity contribution in [1.82, 2.24) is 19.9 Å². The normalized spacial score (nSPS) is 10.9. The Labute approximate surface area is 146 Å². The Morgan fingerprint density at radius 3 is 2.92 bits per heavy atom. The summed E-state index contributed by atoms with van der Waals surface area (Å²) in [5.41, 5.74) is 0.591. The van der Waals surface area contributed by atoms with Crippen molar-refractivity contribution in [3.8, 4) is 28.0 Å². The van der Waals surface area contributed by atoms with Gasteiger partial charge in [0.05, 0.1) is 9.90 Å². The van der Waals surface area contributed by atoms with E-state index >= 15 is 0 Å². The topological polar surface area (TPSA) is 66.0 Å². The second-order valence-electron chi connectivity index (χ2n) is 4.84. The zero-order valence-corrected chi connectivity index (χ0v) is 13.9. The van der Waals surface area contributed by atoms with E-state index in [2.05, 4.69) is 15.2 Å². The Hall–Kier alpha value is -2.64. The number of ether oxygens (including phenoxy) is 1. The van der Waals surface area contributed by atoms with Crippen molar-refractivity contribution in [2.45, 2.75) is 6.73 Å². The molecule has 0 fully saturated rings. The molecule has 4 aromatic rings. The smallest absolute Gasteiger partial charge is 0.278 e. The van der Waals surface area contributed by atoms with Crippen molar-refractivity contribution in [2.75, 3.05) is 0 Å². The molecule has 0 N–H and O–H groups in total. The van der Waals surface area contributed by atoms with Crippen LogP contribution >= 0.6 is 22.9 Å². The van der Waals surface area contributed by atoms with Gasteiger partial charge in [-0.3, -0.25) is 0 Å². The zero-order valence-electron chi connectivity index (χ0n) is 12.3. The van der Waals surface area contributed by atoms with Gasteiger partial charge < -0.3 is 9.26 Å². The lowest BCUT2D eigenvalue weighted by atomic mass is 10.3. The Bertz CT molecular complexity index is 949. The summed E-state index contributed by atoms with van der Waals surface area (Å²) < 4.78 is 12.5. The highest BCUT2D eigenvalue weighted by Gasteiger charge is 2.13. The van der Waals surface area contributed by atoms with E-state index in [1.165, 1.54) is 0 Å². The molecule has 0 atom stereocenters. The van der Waals surface area contributed by atoms with Gasteiger partial charge in [-0.15, -0.1) is 11.3 Å². The number of hydrogen-bond acceptors (Lipinski definition) is 6. The van der Waals surface area contributed by atoms with Gasteiger partial charge in [0, 0.05) is 6.20 Å². The SMILES string of the molecule is Clc1ccccc1OCn1ccc(-c2nc(-c3cccs3)no2)n1. The second-order valence-corrected chi connectivity index (χ2v) is 6.20. The highest BCUT2D eigenvalue weighted by molar-refractivity contribution is 7.13. The molecule has 0 spiro atoms. The van der Waals surface area contributed by atoms with Crippen molar-refractivity contribution in [2.24, 2.45) is 0 Å². The molecule has 24 heavy (non-hydrogen) atoms. The number of benzene rings is 1. The van der Waals surface area contributed by atoms with Crippen molar-refractivity contribution in [3.63, 3.8) is 0 Å². The van der Waals surface area contributed by atoms with Gasteiger partial charge in [0.25, 0.3) is 5.89 Å². The van der Waals surface area contributed by atoms with Gasteiger partial charge in [0.15, 0.2) is 12.4 Å². The highest BCUT2D eigenvalue weighted by Crippen LogP contribution is 2.25. The lowest BCUT2D eigenvalue weighted by molar-refractivity contribution is 0.221. The van der Waals surface area contributed by atoms with Gasteiger partial charge in [0.2, 0.25) is 5.82 Å². The van der Waals surface area contributed by atoms with Crippen molar-refractivity contribution >= 4 is 22.9 Å². The molecular formula is C16H11ClN4O2S. The fourth-order valence-electron chi connectivity index (χ4n) is 2.08. The van der Waals surface area contributed by atoms with Crippen molar-refractivity contribution in [1.29, 1.82) is 0 Å². The second kappa shape index (κ2) is 6.46. The summed E-state index contributed by atoms with van der Waals surface area (Å²) >= 11 is 7.61. The number of para-hydroxylation sites is 1. The van der Waals surface area contributed by atoms with Gasteiger partial charge >= 0.3 is 0 Å². The maximum Gasteiger partial charge on any atom is 0.278 e. The minimum atomic E-state index is 0.232.